The molecule has 0 aliphatic carbocycles. The van der Waals surface area contributed by atoms with Crippen LogP contribution in [0.25, 0.3) is 0 Å². The van der Waals surface area contributed by atoms with E-state index in [1.54, 1.807) is 0 Å². The number of hydrogen-bond donors (Lipinski definition) is 1. The lowest BCUT2D eigenvalue weighted by atomic mass is 10.1. The molecule has 1 aliphatic rings. The number of carbonyl (C=O) groups excluding carboxylic acids is 2. The van der Waals surface area contributed by atoms with Crippen LogP contribution in [0.2, 0.25) is 0 Å². The van der Waals surface area contributed by atoms with Crippen molar-refractivity contribution in [3.63, 3.8) is 0 Å². The maximum absolute atomic E-state index is 12.3. The summed E-state index contributed by atoms with van der Waals surface area (Å²) in [6.07, 6.45) is 1.11. The zero-order chi connectivity index (χ0) is 14.7. The van der Waals surface area contributed by atoms with Crippen molar-refractivity contribution in [2.75, 3.05) is 18.4 Å². The van der Waals surface area contributed by atoms with Crippen LogP contribution < -0.4 is 5.32 Å². The minimum atomic E-state index is -0.206. The number of nitrogens with zero attached hydrogens (tertiary/aromatic N) is 1. The fourth-order valence-corrected chi connectivity index (χ4v) is 2.45. The van der Waals surface area contributed by atoms with Crippen LogP contribution in [-0.2, 0) is 9.59 Å². The van der Waals surface area contributed by atoms with Gasteiger partial charge in [-0.1, -0.05) is 12.1 Å². The highest BCUT2D eigenvalue weighted by atomic mass is 16.2. The Bertz CT molecular complexity index is 515. The lowest BCUT2D eigenvalue weighted by Gasteiger charge is -2.31. The molecule has 0 radical (unpaired) electrons. The molecule has 1 aromatic rings. The number of nitrogens with one attached hydrogen (secondary N) is 1. The van der Waals surface area contributed by atoms with Gasteiger partial charge in [0.1, 0.15) is 5.78 Å². The fraction of sp³-hybridized carbons (Fsp3) is 0.500. The van der Waals surface area contributed by atoms with Crippen LogP contribution >= 0.6 is 0 Å². The first-order valence-corrected chi connectivity index (χ1v) is 7.12. The van der Waals surface area contributed by atoms with Crippen LogP contribution in [0.1, 0.15) is 30.9 Å². The van der Waals surface area contributed by atoms with E-state index in [2.05, 4.69) is 10.2 Å². The van der Waals surface area contributed by atoms with E-state index in [9.17, 15) is 9.59 Å². The predicted molar refractivity (Wildman–Crippen MR) is 79.8 cm³/mol. The maximum atomic E-state index is 12.3. The number of amides is 1. The summed E-state index contributed by atoms with van der Waals surface area (Å²) in [6.45, 7) is 7.30. The lowest BCUT2D eigenvalue weighted by molar-refractivity contribution is -0.126. The normalized spacial score (nSPS) is 17.9. The van der Waals surface area contributed by atoms with E-state index in [-0.39, 0.29) is 11.9 Å². The Labute approximate surface area is 120 Å². The largest absolute Gasteiger partial charge is 0.324 e. The van der Waals surface area contributed by atoms with Gasteiger partial charge in [0.2, 0.25) is 5.91 Å². The van der Waals surface area contributed by atoms with E-state index in [4.69, 9.17) is 0 Å². The van der Waals surface area contributed by atoms with Gasteiger partial charge in [-0.15, -0.1) is 0 Å². The number of Topliss-reactive ketones (excluding diaryl/α,β-unsaturated/α-hetero) is 1. The molecular weight excluding hydrogens is 252 g/mol. The quantitative estimate of drug-likeness (QED) is 0.920. The van der Waals surface area contributed by atoms with Crippen molar-refractivity contribution in [2.45, 2.75) is 39.7 Å². The molecule has 1 N–H and O–H groups in total. The Balaban J connectivity index is 2.00. The average Bonchev–Trinajstić information content (AvgIpc) is 2.44. The molecule has 108 valence electrons. The topological polar surface area (TPSA) is 49.4 Å². The molecule has 1 unspecified atom stereocenters. The minimum absolute atomic E-state index is 0.00644. The minimum Gasteiger partial charge on any atom is -0.324 e. The summed E-state index contributed by atoms with van der Waals surface area (Å²) in [6, 6.07) is 5.70. The molecule has 1 aliphatic heterocycles. The maximum Gasteiger partial charge on any atom is 0.241 e. The Morgan fingerprint density at radius 3 is 2.55 bits per heavy atom. The van der Waals surface area contributed by atoms with E-state index in [0.29, 0.717) is 31.7 Å². The molecular formula is C16H22N2O2. The van der Waals surface area contributed by atoms with Crippen molar-refractivity contribution < 1.29 is 9.59 Å². The number of piperidine rings is 1. The molecule has 20 heavy (non-hydrogen) atoms. The van der Waals surface area contributed by atoms with Gasteiger partial charge in [0, 0.05) is 31.6 Å². The highest BCUT2D eigenvalue weighted by molar-refractivity contribution is 5.95. The standard InChI is InChI=1S/C16H22N2O2/c1-11-5-4-6-15(12(11)2)17-16(20)13(3)18-9-7-14(19)8-10-18/h4-6,13H,7-10H2,1-3H3,(H,17,20). The van der Waals surface area contributed by atoms with Crippen LogP contribution in [0.5, 0.6) is 0 Å². The monoisotopic (exact) mass is 274 g/mol. The Morgan fingerprint density at radius 1 is 1.25 bits per heavy atom. The summed E-state index contributed by atoms with van der Waals surface area (Å²) in [5.41, 5.74) is 3.14. The van der Waals surface area contributed by atoms with Crippen LogP contribution in [0.15, 0.2) is 18.2 Å². The van der Waals surface area contributed by atoms with Crippen LogP contribution in [0, 0.1) is 13.8 Å². The molecule has 1 fully saturated rings. The molecule has 0 bridgehead atoms. The number of ketones is 1. The third-order valence-electron chi connectivity index (χ3n) is 4.15. The Kier molecular flexibility index (Phi) is 4.55. The summed E-state index contributed by atoms with van der Waals surface area (Å²) in [4.78, 5) is 25.6. The highest BCUT2D eigenvalue weighted by Crippen LogP contribution is 2.19. The van der Waals surface area contributed by atoms with Gasteiger partial charge in [0.05, 0.1) is 6.04 Å². The van der Waals surface area contributed by atoms with Gasteiger partial charge in [-0.3, -0.25) is 14.5 Å². The summed E-state index contributed by atoms with van der Waals surface area (Å²) in [5, 5.41) is 2.99. The molecule has 1 aromatic carbocycles. The van der Waals surface area contributed by atoms with Crippen molar-refractivity contribution in [3.05, 3.63) is 29.3 Å². The molecule has 1 saturated heterocycles. The molecule has 0 saturated carbocycles. The number of anilines is 1. The number of rotatable bonds is 3. The van der Waals surface area contributed by atoms with Gasteiger partial charge in [0.25, 0.3) is 0 Å². The van der Waals surface area contributed by atoms with Gasteiger partial charge in [-0.2, -0.15) is 0 Å². The Morgan fingerprint density at radius 2 is 1.90 bits per heavy atom. The smallest absolute Gasteiger partial charge is 0.241 e. The number of benzene rings is 1. The molecule has 1 atom stereocenters. The number of aryl methyl sites for hydroxylation is 1. The van der Waals surface area contributed by atoms with E-state index in [1.165, 1.54) is 5.56 Å². The molecule has 1 amide bonds. The molecule has 2 rings (SSSR count). The molecule has 4 nitrogen and oxygen atoms in total. The van der Waals surface area contributed by atoms with E-state index in [0.717, 1.165) is 11.3 Å². The number of carbonyl (C=O) groups is 2. The van der Waals surface area contributed by atoms with Crippen molar-refractivity contribution in [2.24, 2.45) is 0 Å². The number of hydrogen-bond acceptors (Lipinski definition) is 3. The van der Waals surface area contributed by atoms with Gasteiger partial charge >= 0.3 is 0 Å². The summed E-state index contributed by atoms with van der Waals surface area (Å²) < 4.78 is 0. The van der Waals surface area contributed by atoms with Gasteiger partial charge in [-0.25, -0.2) is 0 Å². The second-order valence-electron chi connectivity index (χ2n) is 5.49. The van der Waals surface area contributed by atoms with Gasteiger partial charge < -0.3 is 5.32 Å². The highest BCUT2D eigenvalue weighted by Gasteiger charge is 2.25. The van der Waals surface area contributed by atoms with Crippen molar-refractivity contribution in [1.82, 2.24) is 4.90 Å². The average molecular weight is 274 g/mol. The van der Waals surface area contributed by atoms with E-state index >= 15 is 0 Å². The first-order valence-electron chi connectivity index (χ1n) is 7.12. The Hall–Kier alpha value is -1.68. The molecule has 1 heterocycles. The van der Waals surface area contributed by atoms with Gasteiger partial charge in [-0.05, 0) is 38.0 Å². The fourth-order valence-electron chi connectivity index (χ4n) is 2.45. The summed E-state index contributed by atoms with van der Waals surface area (Å²) in [5.74, 6) is 0.288. The zero-order valence-corrected chi connectivity index (χ0v) is 12.4. The second-order valence-corrected chi connectivity index (χ2v) is 5.49. The van der Waals surface area contributed by atoms with Crippen molar-refractivity contribution in [1.29, 1.82) is 0 Å². The van der Waals surface area contributed by atoms with E-state index < -0.39 is 0 Å². The first-order chi connectivity index (χ1) is 9.49. The predicted octanol–water partition coefficient (Wildman–Crippen LogP) is 2.30. The first kappa shape index (κ1) is 14.7. The molecule has 0 spiro atoms. The van der Waals surface area contributed by atoms with Gasteiger partial charge in [0.15, 0.2) is 0 Å². The zero-order valence-electron chi connectivity index (χ0n) is 12.4. The number of likely N-dealkylation sites (tertiary alicyclic amines) is 1. The van der Waals surface area contributed by atoms with Crippen LogP contribution in [0.3, 0.4) is 0 Å². The lowest BCUT2D eigenvalue weighted by Crippen LogP contribution is -2.46. The SMILES string of the molecule is Cc1cccc(NC(=O)C(C)N2CCC(=O)CC2)c1C. The second kappa shape index (κ2) is 6.18. The van der Waals surface area contributed by atoms with E-state index in [1.807, 2.05) is 39.0 Å². The van der Waals surface area contributed by atoms with Crippen LogP contribution in [0.4, 0.5) is 5.69 Å². The van der Waals surface area contributed by atoms with Crippen molar-refractivity contribution >= 4 is 17.4 Å². The third kappa shape index (κ3) is 3.25. The third-order valence-corrected chi connectivity index (χ3v) is 4.15. The van der Waals surface area contributed by atoms with Crippen LogP contribution in [-0.4, -0.2) is 35.7 Å². The van der Waals surface area contributed by atoms with Crippen molar-refractivity contribution in [3.8, 4) is 0 Å². The summed E-state index contributed by atoms with van der Waals surface area (Å²) in [7, 11) is 0. The molecule has 4 heteroatoms. The summed E-state index contributed by atoms with van der Waals surface area (Å²) >= 11 is 0. The molecule has 0 aromatic heterocycles.